The average Bonchev–Trinajstić information content (AvgIpc) is 2.42. The molecule has 4 heteroatoms. The summed E-state index contributed by atoms with van der Waals surface area (Å²) in [6.07, 6.45) is 6.70. The van der Waals surface area contributed by atoms with Crippen molar-refractivity contribution in [3.63, 3.8) is 0 Å². The fourth-order valence-corrected chi connectivity index (χ4v) is 2.84. The van der Waals surface area contributed by atoms with Gasteiger partial charge in [-0.1, -0.05) is 19.8 Å². The Balaban J connectivity index is 2.18. The summed E-state index contributed by atoms with van der Waals surface area (Å²) in [5, 5.41) is 3.62. The van der Waals surface area contributed by atoms with Crippen LogP contribution in [0.15, 0.2) is 18.3 Å². The lowest BCUT2D eigenvalue weighted by atomic mass is 9.73. The highest BCUT2D eigenvalue weighted by Crippen LogP contribution is 2.36. The van der Waals surface area contributed by atoms with Crippen molar-refractivity contribution in [3.8, 4) is 5.88 Å². The first-order chi connectivity index (χ1) is 8.70. The van der Waals surface area contributed by atoms with E-state index in [0.717, 1.165) is 12.1 Å². The maximum atomic E-state index is 6.04. The van der Waals surface area contributed by atoms with E-state index in [2.05, 4.69) is 17.2 Å². The number of pyridine rings is 1. The number of nitrogens with two attached hydrogens (primary N) is 1. The lowest BCUT2D eigenvalue weighted by molar-refractivity contribution is 0.235. The van der Waals surface area contributed by atoms with Crippen LogP contribution in [0.2, 0.25) is 0 Å². The molecule has 4 nitrogen and oxygen atoms in total. The Bertz CT molecular complexity index is 396. The quantitative estimate of drug-likeness (QED) is 0.860. The second-order valence-electron chi connectivity index (χ2n) is 5.22. The fraction of sp³-hybridized carbons (Fsp3) is 0.643. The predicted molar refractivity (Wildman–Crippen MR) is 73.8 cm³/mol. The molecule has 0 spiro atoms. The summed E-state index contributed by atoms with van der Waals surface area (Å²) in [5.74, 6) is 1.23. The largest absolute Gasteiger partial charge is 0.481 e. The Morgan fingerprint density at radius 3 is 3.06 bits per heavy atom. The first-order valence-corrected chi connectivity index (χ1v) is 6.68. The number of rotatable bonds is 4. The van der Waals surface area contributed by atoms with Gasteiger partial charge in [0.2, 0.25) is 5.88 Å². The van der Waals surface area contributed by atoms with Gasteiger partial charge in [0.05, 0.1) is 12.6 Å². The van der Waals surface area contributed by atoms with Gasteiger partial charge in [-0.2, -0.15) is 0 Å². The highest BCUT2D eigenvalue weighted by molar-refractivity contribution is 5.48. The minimum Gasteiger partial charge on any atom is -0.481 e. The molecule has 1 fully saturated rings. The van der Waals surface area contributed by atoms with Gasteiger partial charge in [-0.15, -0.1) is 0 Å². The summed E-state index contributed by atoms with van der Waals surface area (Å²) in [6, 6.07) is 3.90. The molecule has 1 aromatic heterocycles. The van der Waals surface area contributed by atoms with Crippen molar-refractivity contribution in [1.82, 2.24) is 4.98 Å². The molecule has 0 radical (unpaired) electrons. The molecular weight excluding hydrogens is 226 g/mol. The fourth-order valence-electron chi connectivity index (χ4n) is 2.84. The SMILES string of the molecule is COc1cc(NC2(CN)CCCCC2C)ccn1. The zero-order chi connectivity index (χ0) is 13.0. The molecule has 1 heterocycles. The van der Waals surface area contributed by atoms with Gasteiger partial charge in [0, 0.05) is 24.5 Å². The van der Waals surface area contributed by atoms with Crippen LogP contribution in [-0.4, -0.2) is 24.2 Å². The van der Waals surface area contributed by atoms with E-state index in [1.54, 1.807) is 13.3 Å². The first-order valence-electron chi connectivity index (χ1n) is 6.68. The molecule has 18 heavy (non-hydrogen) atoms. The molecule has 0 saturated heterocycles. The van der Waals surface area contributed by atoms with E-state index in [4.69, 9.17) is 10.5 Å². The monoisotopic (exact) mass is 249 g/mol. The van der Waals surface area contributed by atoms with Crippen LogP contribution in [0.3, 0.4) is 0 Å². The summed E-state index contributed by atoms with van der Waals surface area (Å²) >= 11 is 0. The van der Waals surface area contributed by atoms with Crippen molar-refractivity contribution in [1.29, 1.82) is 0 Å². The zero-order valence-corrected chi connectivity index (χ0v) is 11.3. The van der Waals surface area contributed by atoms with Crippen LogP contribution in [-0.2, 0) is 0 Å². The number of nitrogens with zero attached hydrogens (tertiary/aromatic N) is 1. The van der Waals surface area contributed by atoms with Crippen molar-refractivity contribution >= 4 is 5.69 Å². The van der Waals surface area contributed by atoms with Crippen LogP contribution < -0.4 is 15.8 Å². The third-order valence-electron chi connectivity index (χ3n) is 4.15. The predicted octanol–water partition coefficient (Wildman–Crippen LogP) is 2.41. The smallest absolute Gasteiger partial charge is 0.214 e. The van der Waals surface area contributed by atoms with E-state index in [9.17, 15) is 0 Å². The van der Waals surface area contributed by atoms with E-state index in [1.807, 2.05) is 12.1 Å². The van der Waals surface area contributed by atoms with Crippen LogP contribution in [0.1, 0.15) is 32.6 Å². The second kappa shape index (κ2) is 5.57. The summed E-state index contributed by atoms with van der Waals surface area (Å²) in [5.41, 5.74) is 7.10. The van der Waals surface area contributed by atoms with Gasteiger partial charge in [0.1, 0.15) is 0 Å². The van der Waals surface area contributed by atoms with E-state index in [-0.39, 0.29) is 5.54 Å². The topological polar surface area (TPSA) is 60.2 Å². The Labute approximate surface area is 109 Å². The summed E-state index contributed by atoms with van der Waals surface area (Å²) in [4.78, 5) is 4.13. The normalized spacial score (nSPS) is 27.8. The second-order valence-corrected chi connectivity index (χ2v) is 5.22. The van der Waals surface area contributed by atoms with E-state index in [1.165, 1.54) is 19.3 Å². The molecule has 2 rings (SSSR count). The molecular formula is C14H23N3O. The van der Waals surface area contributed by atoms with Gasteiger partial charge in [-0.3, -0.25) is 0 Å². The van der Waals surface area contributed by atoms with Crippen molar-refractivity contribution in [3.05, 3.63) is 18.3 Å². The molecule has 2 atom stereocenters. The highest BCUT2D eigenvalue weighted by Gasteiger charge is 2.36. The van der Waals surface area contributed by atoms with E-state index >= 15 is 0 Å². The average molecular weight is 249 g/mol. The van der Waals surface area contributed by atoms with Gasteiger partial charge < -0.3 is 15.8 Å². The molecule has 1 saturated carbocycles. The number of hydrogen-bond acceptors (Lipinski definition) is 4. The van der Waals surface area contributed by atoms with Crippen LogP contribution in [0.25, 0.3) is 0 Å². The Hall–Kier alpha value is -1.29. The standard InChI is InChI=1S/C14H23N3O/c1-11-5-3-4-7-14(11,10-15)17-12-6-8-16-13(9-12)18-2/h6,8-9,11H,3-5,7,10,15H2,1-2H3,(H,16,17). The van der Waals surface area contributed by atoms with Gasteiger partial charge in [0.15, 0.2) is 0 Å². The van der Waals surface area contributed by atoms with Gasteiger partial charge in [0.25, 0.3) is 0 Å². The summed E-state index contributed by atoms with van der Waals surface area (Å²) in [7, 11) is 1.63. The van der Waals surface area contributed by atoms with Crippen LogP contribution in [0, 0.1) is 5.92 Å². The van der Waals surface area contributed by atoms with Crippen LogP contribution >= 0.6 is 0 Å². The number of ether oxygens (including phenoxy) is 1. The molecule has 0 aromatic carbocycles. The maximum absolute atomic E-state index is 6.04. The molecule has 1 aliphatic rings. The van der Waals surface area contributed by atoms with E-state index in [0.29, 0.717) is 18.3 Å². The van der Waals surface area contributed by atoms with Crippen molar-refractivity contribution in [2.45, 2.75) is 38.1 Å². The molecule has 0 aliphatic heterocycles. The molecule has 0 bridgehead atoms. The van der Waals surface area contributed by atoms with Gasteiger partial charge >= 0.3 is 0 Å². The lowest BCUT2D eigenvalue weighted by Crippen LogP contribution is -2.52. The summed E-state index contributed by atoms with van der Waals surface area (Å²) < 4.78 is 5.16. The minimum absolute atomic E-state index is 0.0185. The Morgan fingerprint density at radius 1 is 1.56 bits per heavy atom. The number of aromatic nitrogens is 1. The van der Waals surface area contributed by atoms with Crippen LogP contribution in [0.4, 0.5) is 5.69 Å². The minimum atomic E-state index is 0.0185. The molecule has 0 amide bonds. The number of hydrogen-bond donors (Lipinski definition) is 2. The summed E-state index contributed by atoms with van der Waals surface area (Å²) in [6.45, 7) is 2.95. The third kappa shape index (κ3) is 2.58. The van der Waals surface area contributed by atoms with Crippen LogP contribution in [0.5, 0.6) is 5.88 Å². The van der Waals surface area contributed by atoms with Crippen molar-refractivity contribution < 1.29 is 4.74 Å². The Kier molecular flexibility index (Phi) is 4.07. The highest BCUT2D eigenvalue weighted by atomic mass is 16.5. The first kappa shape index (κ1) is 13.1. The van der Waals surface area contributed by atoms with Gasteiger partial charge in [-0.05, 0) is 24.8 Å². The third-order valence-corrected chi connectivity index (χ3v) is 4.15. The molecule has 100 valence electrons. The number of anilines is 1. The maximum Gasteiger partial charge on any atom is 0.214 e. The molecule has 2 unspecified atom stereocenters. The molecule has 1 aliphatic carbocycles. The number of nitrogens with one attached hydrogen (secondary N) is 1. The van der Waals surface area contributed by atoms with Crippen molar-refractivity contribution in [2.24, 2.45) is 11.7 Å². The zero-order valence-electron chi connectivity index (χ0n) is 11.3. The molecule has 3 N–H and O–H groups in total. The van der Waals surface area contributed by atoms with E-state index < -0.39 is 0 Å². The lowest BCUT2D eigenvalue weighted by Gasteiger charge is -2.43. The number of methoxy groups -OCH3 is 1. The van der Waals surface area contributed by atoms with Crippen molar-refractivity contribution in [2.75, 3.05) is 19.0 Å². The molecule has 1 aromatic rings. The van der Waals surface area contributed by atoms with Gasteiger partial charge in [-0.25, -0.2) is 4.98 Å². The Morgan fingerprint density at radius 2 is 2.39 bits per heavy atom.